The summed E-state index contributed by atoms with van der Waals surface area (Å²) in [6.07, 6.45) is -0.354. The molecule has 0 bridgehead atoms. The van der Waals surface area contributed by atoms with Gasteiger partial charge in [-0.25, -0.2) is 4.79 Å². The third-order valence-corrected chi connectivity index (χ3v) is 2.04. The summed E-state index contributed by atoms with van der Waals surface area (Å²) in [4.78, 5) is 24.6. The van der Waals surface area contributed by atoms with Crippen molar-refractivity contribution in [3.05, 3.63) is 0 Å². The molecule has 0 heterocycles. The minimum Gasteiger partial charge on any atom is -0.465 e. The summed E-state index contributed by atoms with van der Waals surface area (Å²) in [7, 11) is 1.52. The molecule has 0 rings (SSSR count). The number of amides is 2. The maximum absolute atomic E-state index is 11.6. The average Bonchev–Trinajstić information content (AvgIpc) is 2.33. The van der Waals surface area contributed by atoms with Crippen LogP contribution in [0.15, 0.2) is 5.11 Å². The Hall–Kier alpha value is -1.99. The molecule has 9 nitrogen and oxygen atoms in total. The van der Waals surface area contributed by atoms with Crippen molar-refractivity contribution in [1.29, 1.82) is 5.53 Å². The number of methoxy groups -OCH3 is 1. The Labute approximate surface area is 104 Å². The van der Waals surface area contributed by atoms with Crippen LogP contribution in [0.25, 0.3) is 0 Å². The van der Waals surface area contributed by atoms with Crippen molar-refractivity contribution in [2.45, 2.75) is 18.9 Å². The number of hydrogen-bond acceptors (Lipinski definition) is 5. The number of nitrogens with zero attached hydrogens (tertiary/aromatic N) is 2. The lowest BCUT2D eigenvalue weighted by molar-refractivity contribution is -0.122. The van der Waals surface area contributed by atoms with Gasteiger partial charge in [-0.2, -0.15) is 0 Å². The highest BCUT2D eigenvalue weighted by Crippen LogP contribution is 2.01. The van der Waals surface area contributed by atoms with Crippen LogP contribution in [0.4, 0.5) is 4.79 Å². The standard InChI is InChI=1S/C9H17N5O4/c1-18-6-5-11-8(15)7(13-14-10)3-2-4-12-9(16)17/h7,10,12H,2-6H2,1H3,(H-,11,15,16,17)/p+1. The summed E-state index contributed by atoms with van der Waals surface area (Å²) >= 11 is 0. The van der Waals surface area contributed by atoms with Gasteiger partial charge in [0.05, 0.1) is 6.61 Å². The van der Waals surface area contributed by atoms with Gasteiger partial charge in [0.1, 0.15) is 10.6 Å². The van der Waals surface area contributed by atoms with Gasteiger partial charge >= 0.3 is 6.09 Å². The van der Waals surface area contributed by atoms with E-state index in [0.29, 0.717) is 26.0 Å². The van der Waals surface area contributed by atoms with Gasteiger partial charge in [-0.05, 0) is 12.8 Å². The van der Waals surface area contributed by atoms with E-state index in [9.17, 15) is 9.59 Å². The lowest BCUT2D eigenvalue weighted by atomic mass is 10.1. The van der Waals surface area contributed by atoms with E-state index in [0.717, 1.165) is 0 Å². The molecule has 0 radical (unpaired) electrons. The molecule has 0 saturated heterocycles. The van der Waals surface area contributed by atoms with Gasteiger partial charge in [0.15, 0.2) is 0 Å². The molecule has 0 aliphatic rings. The Kier molecular flexibility index (Phi) is 9.06. The van der Waals surface area contributed by atoms with Crippen molar-refractivity contribution >= 4 is 12.0 Å². The molecule has 0 spiro atoms. The minimum absolute atomic E-state index is 0.227. The highest BCUT2D eigenvalue weighted by atomic mass is 16.5. The zero-order chi connectivity index (χ0) is 13.8. The van der Waals surface area contributed by atoms with Crippen molar-refractivity contribution < 1.29 is 19.4 Å². The van der Waals surface area contributed by atoms with E-state index in [1.165, 1.54) is 7.11 Å². The minimum atomic E-state index is -1.11. The molecule has 4 N–H and O–H groups in total. The maximum atomic E-state index is 11.6. The molecule has 0 aliphatic heterocycles. The van der Waals surface area contributed by atoms with Gasteiger partial charge in [-0.1, -0.05) is 0 Å². The number of nitrogens with one attached hydrogen (secondary N) is 3. The van der Waals surface area contributed by atoms with E-state index >= 15 is 0 Å². The topological polar surface area (TPSA) is 138 Å². The largest absolute Gasteiger partial charge is 0.465 e. The third kappa shape index (κ3) is 8.20. The van der Waals surface area contributed by atoms with Crippen LogP contribution in [-0.2, 0) is 9.53 Å². The molecule has 1 unspecified atom stereocenters. The van der Waals surface area contributed by atoms with Gasteiger partial charge in [0, 0.05) is 20.2 Å². The van der Waals surface area contributed by atoms with Crippen molar-refractivity contribution in [3.8, 4) is 0 Å². The second kappa shape index (κ2) is 10.2. The highest BCUT2D eigenvalue weighted by Gasteiger charge is 2.21. The Bertz CT molecular complexity index is 316. The summed E-state index contributed by atoms with van der Waals surface area (Å²) in [6.45, 7) is 0.967. The quantitative estimate of drug-likeness (QED) is 0.257. The molecule has 0 aromatic rings. The molecule has 0 aromatic heterocycles. The SMILES string of the molecule is COCCNC(=O)C(CCCNC(=O)O)N=[N+]=N. The zero-order valence-electron chi connectivity index (χ0n) is 10.2. The summed E-state index contributed by atoms with van der Waals surface area (Å²) in [5.41, 5.74) is 6.63. The Morgan fingerprint density at radius 3 is 2.72 bits per heavy atom. The zero-order valence-corrected chi connectivity index (χ0v) is 10.2. The van der Waals surface area contributed by atoms with Gasteiger partial charge < -0.3 is 20.5 Å². The normalized spacial score (nSPS) is 11.2. The Morgan fingerprint density at radius 2 is 2.17 bits per heavy atom. The van der Waals surface area contributed by atoms with Crippen LogP contribution in [0.5, 0.6) is 0 Å². The highest BCUT2D eigenvalue weighted by molar-refractivity contribution is 5.81. The molecule has 0 aliphatic carbocycles. The Balaban J connectivity index is 4.00. The molecule has 18 heavy (non-hydrogen) atoms. The van der Waals surface area contributed by atoms with E-state index in [4.69, 9.17) is 15.4 Å². The van der Waals surface area contributed by atoms with Crippen LogP contribution in [0, 0.1) is 5.53 Å². The fourth-order valence-electron chi connectivity index (χ4n) is 1.20. The second-order valence-corrected chi connectivity index (χ2v) is 3.39. The number of carbonyl (C=O) groups is 2. The van der Waals surface area contributed by atoms with Gasteiger partial charge in [-0.3, -0.25) is 4.79 Å². The van der Waals surface area contributed by atoms with Gasteiger partial charge in [0.2, 0.25) is 11.0 Å². The van der Waals surface area contributed by atoms with Crippen molar-refractivity contribution in [1.82, 2.24) is 15.5 Å². The first-order chi connectivity index (χ1) is 8.61. The second-order valence-electron chi connectivity index (χ2n) is 3.39. The number of hydrogen-bond donors (Lipinski definition) is 4. The van der Waals surface area contributed by atoms with Gasteiger partial charge in [-0.15, -0.1) is 0 Å². The van der Waals surface area contributed by atoms with Crippen LogP contribution >= 0.6 is 0 Å². The maximum Gasteiger partial charge on any atom is 0.404 e. The number of carboxylic acid groups (broad SMARTS) is 1. The molecule has 0 saturated carbocycles. The summed E-state index contributed by atoms with van der Waals surface area (Å²) in [5, 5.41) is 16.6. The fourth-order valence-corrected chi connectivity index (χ4v) is 1.20. The van der Waals surface area contributed by atoms with E-state index in [1.54, 1.807) is 0 Å². The smallest absolute Gasteiger partial charge is 0.404 e. The van der Waals surface area contributed by atoms with E-state index in [1.807, 2.05) is 0 Å². The van der Waals surface area contributed by atoms with E-state index in [2.05, 4.69) is 20.7 Å². The molecular formula is C9H18N5O4+. The molecule has 0 fully saturated rings. The van der Waals surface area contributed by atoms with Crippen LogP contribution < -0.4 is 15.5 Å². The summed E-state index contributed by atoms with van der Waals surface area (Å²) in [6, 6.07) is -0.769. The molecular weight excluding hydrogens is 242 g/mol. The van der Waals surface area contributed by atoms with Crippen LogP contribution in [0.2, 0.25) is 0 Å². The van der Waals surface area contributed by atoms with E-state index in [-0.39, 0.29) is 12.5 Å². The molecule has 1 atom stereocenters. The van der Waals surface area contributed by atoms with Crippen LogP contribution in [-0.4, -0.2) is 50.0 Å². The number of rotatable bonds is 9. The van der Waals surface area contributed by atoms with Gasteiger partial charge in [0.25, 0.3) is 5.91 Å². The first-order valence-electron chi connectivity index (χ1n) is 5.41. The molecule has 9 heteroatoms. The average molecular weight is 260 g/mol. The predicted molar refractivity (Wildman–Crippen MR) is 61.2 cm³/mol. The molecule has 0 aromatic carbocycles. The number of carbonyl (C=O) groups excluding carboxylic acids is 1. The molecule has 102 valence electrons. The lowest BCUT2D eigenvalue weighted by Crippen LogP contribution is -2.36. The summed E-state index contributed by atoms with van der Waals surface area (Å²) in [5.74, 6) is -0.349. The first-order valence-corrected chi connectivity index (χ1v) is 5.41. The van der Waals surface area contributed by atoms with Crippen molar-refractivity contribution in [2.24, 2.45) is 5.11 Å². The fraction of sp³-hybridized carbons (Fsp3) is 0.778. The molecule has 2 amide bonds. The third-order valence-electron chi connectivity index (χ3n) is 2.04. The van der Waals surface area contributed by atoms with Crippen LogP contribution in [0.1, 0.15) is 12.8 Å². The van der Waals surface area contributed by atoms with Crippen molar-refractivity contribution in [2.75, 3.05) is 26.8 Å². The van der Waals surface area contributed by atoms with E-state index < -0.39 is 12.1 Å². The van der Waals surface area contributed by atoms with Crippen molar-refractivity contribution in [3.63, 3.8) is 0 Å². The monoisotopic (exact) mass is 260 g/mol. The van der Waals surface area contributed by atoms with Crippen LogP contribution in [0.3, 0.4) is 0 Å². The Morgan fingerprint density at radius 1 is 1.44 bits per heavy atom. The first kappa shape index (κ1) is 16.0. The summed E-state index contributed by atoms with van der Waals surface area (Å²) < 4.78 is 4.78. The lowest BCUT2D eigenvalue weighted by Gasteiger charge is -2.07. The number of ether oxygens (including phenoxy) is 1. The predicted octanol–water partition coefficient (Wildman–Crippen LogP) is -0.284.